The Balaban J connectivity index is 2.01. The van der Waals surface area contributed by atoms with Gasteiger partial charge in [0.25, 0.3) is 0 Å². The lowest BCUT2D eigenvalue weighted by Gasteiger charge is -2.21. The Bertz CT molecular complexity index is 681. The molecular formula is C17H18ClN2O3S-. The molecule has 1 saturated heterocycles. The Hall–Kier alpha value is -1.53. The molecule has 1 heterocycles. The average molecular weight is 366 g/mol. The standard InChI is InChI=1S/C17H19ClN2O3S/c1-10-5-4-8-12(18)15(10)20-16(23)13(9-14(21)22)24-17(20)19-11-6-2-3-7-11/h4-5,8,11,13H,2-3,6-7,9H2,1H3,(H,21,22)/p-1/t13-/m1/s1. The minimum atomic E-state index is -1.24. The van der Waals surface area contributed by atoms with Crippen LogP contribution in [-0.2, 0) is 9.59 Å². The van der Waals surface area contributed by atoms with E-state index < -0.39 is 11.2 Å². The van der Waals surface area contributed by atoms with Gasteiger partial charge in [-0.15, -0.1) is 0 Å². The van der Waals surface area contributed by atoms with E-state index in [1.54, 1.807) is 6.07 Å². The maximum atomic E-state index is 12.8. The third kappa shape index (κ3) is 3.44. The summed E-state index contributed by atoms with van der Waals surface area (Å²) in [5, 5.41) is 11.3. The van der Waals surface area contributed by atoms with Gasteiger partial charge in [-0.25, -0.2) is 0 Å². The molecule has 0 N–H and O–H groups in total. The summed E-state index contributed by atoms with van der Waals surface area (Å²) in [4.78, 5) is 30.0. The van der Waals surface area contributed by atoms with Crippen LogP contribution >= 0.6 is 23.4 Å². The van der Waals surface area contributed by atoms with E-state index in [4.69, 9.17) is 16.6 Å². The van der Waals surface area contributed by atoms with Gasteiger partial charge in [0.15, 0.2) is 5.17 Å². The number of nitrogens with zero attached hydrogens (tertiary/aromatic N) is 2. The van der Waals surface area contributed by atoms with Crippen molar-refractivity contribution in [1.29, 1.82) is 0 Å². The molecule has 1 aliphatic carbocycles. The number of hydrogen-bond acceptors (Lipinski definition) is 5. The van der Waals surface area contributed by atoms with Crippen molar-refractivity contribution in [3.8, 4) is 0 Å². The molecule has 128 valence electrons. The number of carbonyl (C=O) groups is 2. The van der Waals surface area contributed by atoms with Gasteiger partial charge in [-0.3, -0.25) is 14.7 Å². The minimum Gasteiger partial charge on any atom is -0.550 e. The fourth-order valence-electron chi connectivity index (χ4n) is 3.14. The number of benzene rings is 1. The summed E-state index contributed by atoms with van der Waals surface area (Å²) in [6.45, 7) is 1.87. The SMILES string of the molecule is Cc1cccc(Cl)c1N1C(=O)[C@@H](CC(=O)[O-])SC1=NC1CCCC1. The number of amides is 1. The minimum absolute atomic E-state index is 0.187. The molecule has 1 aromatic carbocycles. The average Bonchev–Trinajstić information content (AvgIpc) is 3.10. The van der Waals surface area contributed by atoms with Gasteiger partial charge in [-0.2, -0.15) is 0 Å². The van der Waals surface area contributed by atoms with E-state index in [0.29, 0.717) is 15.9 Å². The maximum absolute atomic E-state index is 12.8. The Morgan fingerprint density at radius 3 is 2.75 bits per heavy atom. The molecule has 1 aromatic rings. The van der Waals surface area contributed by atoms with E-state index in [-0.39, 0.29) is 18.4 Å². The molecule has 0 aromatic heterocycles. The quantitative estimate of drug-likeness (QED) is 0.821. The first kappa shape index (κ1) is 17.3. The second kappa shape index (κ2) is 7.15. The predicted octanol–water partition coefficient (Wildman–Crippen LogP) is 2.54. The number of halogens is 1. The second-order valence-electron chi connectivity index (χ2n) is 6.11. The van der Waals surface area contributed by atoms with Gasteiger partial charge >= 0.3 is 0 Å². The summed E-state index contributed by atoms with van der Waals surface area (Å²) in [6, 6.07) is 5.60. The van der Waals surface area contributed by atoms with E-state index in [9.17, 15) is 14.7 Å². The highest BCUT2D eigenvalue weighted by Gasteiger charge is 2.40. The molecule has 1 atom stereocenters. The van der Waals surface area contributed by atoms with Gasteiger partial charge in [-0.1, -0.05) is 48.3 Å². The molecule has 0 spiro atoms. The number of rotatable bonds is 4. The molecule has 0 bridgehead atoms. The monoisotopic (exact) mass is 365 g/mol. The fourth-order valence-corrected chi connectivity index (χ4v) is 4.62. The number of carboxylic acids is 1. The molecule has 1 saturated carbocycles. The lowest BCUT2D eigenvalue weighted by atomic mass is 10.1. The maximum Gasteiger partial charge on any atom is 0.247 e. The van der Waals surface area contributed by atoms with E-state index >= 15 is 0 Å². The van der Waals surface area contributed by atoms with Crippen molar-refractivity contribution in [2.24, 2.45) is 4.99 Å². The molecule has 3 rings (SSSR count). The van der Waals surface area contributed by atoms with Crippen LogP contribution in [0.5, 0.6) is 0 Å². The van der Waals surface area contributed by atoms with E-state index in [1.807, 2.05) is 19.1 Å². The van der Waals surface area contributed by atoms with Gasteiger partial charge in [0, 0.05) is 12.4 Å². The van der Waals surface area contributed by atoms with Crippen LogP contribution in [0.2, 0.25) is 5.02 Å². The molecule has 24 heavy (non-hydrogen) atoms. The van der Waals surface area contributed by atoms with Crippen molar-refractivity contribution >= 4 is 46.1 Å². The number of hydrogen-bond donors (Lipinski definition) is 0. The Kier molecular flexibility index (Phi) is 5.15. The number of carbonyl (C=O) groups excluding carboxylic acids is 2. The smallest absolute Gasteiger partial charge is 0.247 e. The second-order valence-corrected chi connectivity index (χ2v) is 7.69. The van der Waals surface area contributed by atoms with Crippen LogP contribution in [0.1, 0.15) is 37.7 Å². The summed E-state index contributed by atoms with van der Waals surface area (Å²) >= 11 is 7.52. The predicted molar refractivity (Wildman–Crippen MR) is 94.4 cm³/mol. The van der Waals surface area contributed by atoms with Crippen LogP contribution in [0.3, 0.4) is 0 Å². The highest BCUT2D eigenvalue weighted by Crippen LogP contribution is 2.39. The number of aryl methyl sites for hydroxylation is 1. The molecular weight excluding hydrogens is 348 g/mol. The van der Waals surface area contributed by atoms with Gasteiger partial charge in [0.2, 0.25) is 5.91 Å². The first-order chi connectivity index (χ1) is 11.5. The van der Waals surface area contributed by atoms with Crippen molar-refractivity contribution in [2.45, 2.75) is 50.3 Å². The highest BCUT2D eigenvalue weighted by atomic mass is 35.5. The molecule has 5 nitrogen and oxygen atoms in total. The number of aliphatic carboxylic acids is 1. The summed E-state index contributed by atoms with van der Waals surface area (Å²) in [7, 11) is 0. The molecule has 7 heteroatoms. The summed E-state index contributed by atoms with van der Waals surface area (Å²) in [6.07, 6.45) is 3.94. The van der Waals surface area contributed by atoms with E-state index in [1.165, 1.54) is 16.7 Å². The van der Waals surface area contributed by atoms with E-state index in [0.717, 1.165) is 31.2 Å². The third-order valence-electron chi connectivity index (χ3n) is 4.32. The van der Waals surface area contributed by atoms with Crippen LogP contribution < -0.4 is 10.0 Å². The molecule has 0 unspecified atom stereocenters. The summed E-state index contributed by atoms with van der Waals surface area (Å²) in [5.74, 6) is -1.53. The summed E-state index contributed by atoms with van der Waals surface area (Å²) < 4.78 is 0. The van der Waals surface area contributed by atoms with Gasteiger partial charge < -0.3 is 9.90 Å². The number of aliphatic imine (C=N–C) groups is 1. The normalized spacial score (nSPS) is 23.4. The van der Waals surface area contributed by atoms with Crippen molar-refractivity contribution in [3.05, 3.63) is 28.8 Å². The van der Waals surface area contributed by atoms with Gasteiger partial charge in [0.1, 0.15) is 0 Å². The topological polar surface area (TPSA) is 72.8 Å². The zero-order valence-electron chi connectivity index (χ0n) is 13.3. The molecule has 1 amide bonds. The Morgan fingerprint density at radius 1 is 1.42 bits per heavy atom. The van der Waals surface area contributed by atoms with Gasteiger partial charge in [-0.05, 0) is 31.4 Å². The number of anilines is 1. The van der Waals surface area contributed by atoms with Crippen LogP contribution in [0, 0.1) is 6.92 Å². The lowest BCUT2D eigenvalue weighted by molar-refractivity contribution is -0.305. The number of amidine groups is 1. The van der Waals surface area contributed by atoms with Crippen LogP contribution in [0.4, 0.5) is 5.69 Å². The fraction of sp³-hybridized carbons (Fsp3) is 0.471. The number of thioether (sulfide) groups is 1. The van der Waals surface area contributed by atoms with Crippen LogP contribution in [-0.4, -0.2) is 28.3 Å². The Morgan fingerprint density at radius 2 is 2.12 bits per heavy atom. The molecule has 2 fully saturated rings. The zero-order chi connectivity index (χ0) is 17.3. The van der Waals surface area contributed by atoms with Crippen molar-refractivity contribution < 1.29 is 14.7 Å². The van der Waals surface area contributed by atoms with Crippen LogP contribution in [0.25, 0.3) is 0 Å². The van der Waals surface area contributed by atoms with Gasteiger partial charge in [0.05, 0.1) is 22.0 Å². The zero-order valence-corrected chi connectivity index (χ0v) is 14.9. The third-order valence-corrected chi connectivity index (χ3v) is 5.77. The van der Waals surface area contributed by atoms with Crippen LogP contribution in [0.15, 0.2) is 23.2 Å². The first-order valence-corrected chi connectivity index (χ1v) is 9.26. The van der Waals surface area contributed by atoms with Crippen molar-refractivity contribution in [2.75, 3.05) is 4.90 Å². The lowest BCUT2D eigenvalue weighted by Crippen LogP contribution is -2.36. The van der Waals surface area contributed by atoms with E-state index in [2.05, 4.69) is 0 Å². The van der Waals surface area contributed by atoms with Crippen molar-refractivity contribution in [3.63, 3.8) is 0 Å². The van der Waals surface area contributed by atoms with Crippen molar-refractivity contribution in [1.82, 2.24) is 0 Å². The molecule has 2 aliphatic rings. The number of para-hydroxylation sites is 1. The largest absolute Gasteiger partial charge is 0.550 e. The number of carboxylic acid groups (broad SMARTS) is 1. The highest BCUT2D eigenvalue weighted by molar-refractivity contribution is 8.16. The first-order valence-electron chi connectivity index (χ1n) is 8.00. The molecule has 0 radical (unpaired) electrons. The Labute approximate surface area is 150 Å². The summed E-state index contributed by atoms with van der Waals surface area (Å²) in [5.41, 5.74) is 1.44. The molecule has 1 aliphatic heterocycles.